The predicted octanol–water partition coefficient (Wildman–Crippen LogP) is 2.07. The van der Waals surface area contributed by atoms with Gasteiger partial charge in [0.2, 0.25) is 6.39 Å². The van der Waals surface area contributed by atoms with E-state index >= 15 is 0 Å². The van der Waals surface area contributed by atoms with Crippen molar-refractivity contribution in [2.24, 2.45) is 5.92 Å². The van der Waals surface area contributed by atoms with Crippen LogP contribution in [-0.4, -0.2) is 47.3 Å². The van der Waals surface area contributed by atoms with Gasteiger partial charge in [-0.25, -0.2) is 0 Å². The maximum absolute atomic E-state index is 12.8. The largest absolute Gasteiger partial charge is 0.493 e. The van der Waals surface area contributed by atoms with Gasteiger partial charge in [-0.1, -0.05) is 5.16 Å². The van der Waals surface area contributed by atoms with Crippen LogP contribution in [-0.2, 0) is 4.74 Å². The summed E-state index contributed by atoms with van der Waals surface area (Å²) in [6.07, 6.45) is 3.77. The first-order chi connectivity index (χ1) is 11.8. The highest BCUT2D eigenvalue weighted by Gasteiger charge is 2.32. The minimum Gasteiger partial charge on any atom is -0.493 e. The quantitative estimate of drug-likeness (QED) is 0.836. The molecule has 7 heteroatoms. The number of carbonyl (C=O) groups is 1. The van der Waals surface area contributed by atoms with Crippen LogP contribution in [0.15, 0.2) is 35.2 Å². The zero-order valence-corrected chi connectivity index (χ0v) is 13.3. The molecule has 24 heavy (non-hydrogen) atoms. The van der Waals surface area contributed by atoms with Gasteiger partial charge in [0, 0.05) is 12.1 Å². The first kappa shape index (κ1) is 15.1. The number of morpholine rings is 1. The second kappa shape index (κ2) is 6.60. The fourth-order valence-electron chi connectivity index (χ4n) is 2.74. The molecule has 0 unspecified atom stereocenters. The topological polar surface area (TPSA) is 77.7 Å². The normalized spacial score (nSPS) is 20.8. The van der Waals surface area contributed by atoms with Gasteiger partial charge in [-0.3, -0.25) is 4.79 Å². The van der Waals surface area contributed by atoms with E-state index in [4.69, 9.17) is 14.0 Å². The average molecular weight is 329 g/mol. The molecule has 7 nitrogen and oxygen atoms in total. The Labute approximate surface area is 139 Å². The lowest BCUT2D eigenvalue weighted by molar-refractivity contribution is -0.00577. The molecular formula is C17H19N3O4. The van der Waals surface area contributed by atoms with Crippen LogP contribution in [0, 0.1) is 5.92 Å². The molecule has 4 rings (SSSR count). The Morgan fingerprint density at radius 2 is 2.12 bits per heavy atom. The Kier molecular flexibility index (Phi) is 4.17. The van der Waals surface area contributed by atoms with Crippen molar-refractivity contribution in [1.82, 2.24) is 15.0 Å². The Morgan fingerprint density at radius 1 is 1.29 bits per heavy atom. The molecule has 1 aliphatic heterocycles. The van der Waals surface area contributed by atoms with Gasteiger partial charge in [-0.2, -0.15) is 4.98 Å². The molecule has 1 saturated heterocycles. The van der Waals surface area contributed by atoms with Crippen LogP contribution in [0.4, 0.5) is 0 Å². The highest BCUT2D eigenvalue weighted by molar-refractivity contribution is 5.94. The van der Waals surface area contributed by atoms with Crippen LogP contribution in [0.1, 0.15) is 35.1 Å². The van der Waals surface area contributed by atoms with Crippen LogP contribution in [0.25, 0.3) is 0 Å². The lowest BCUT2D eigenvalue weighted by Crippen LogP contribution is -2.43. The van der Waals surface area contributed by atoms with Crippen molar-refractivity contribution in [2.45, 2.75) is 18.9 Å². The second-order valence-electron chi connectivity index (χ2n) is 6.16. The number of ether oxygens (including phenoxy) is 2. The van der Waals surface area contributed by atoms with Crippen molar-refractivity contribution < 1.29 is 18.8 Å². The van der Waals surface area contributed by atoms with Crippen molar-refractivity contribution in [2.75, 3.05) is 26.4 Å². The van der Waals surface area contributed by atoms with Crippen LogP contribution in [0.2, 0.25) is 0 Å². The molecule has 1 aromatic carbocycles. The van der Waals surface area contributed by atoms with Gasteiger partial charge in [0.05, 0.1) is 19.8 Å². The highest BCUT2D eigenvalue weighted by atomic mass is 16.5. The Hall–Kier alpha value is -2.41. The number of aromatic nitrogens is 2. The molecule has 2 heterocycles. The van der Waals surface area contributed by atoms with Gasteiger partial charge >= 0.3 is 0 Å². The maximum Gasteiger partial charge on any atom is 0.254 e. The number of amides is 1. The van der Waals surface area contributed by atoms with Gasteiger partial charge in [-0.05, 0) is 43.0 Å². The van der Waals surface area contributed by atoms with E-state index in [9.17, 15) is 4.79 Å². The Bertz CT molecular complexity index is 682. The molecule has 0 N–H and O–H groups in total. The van der Waals surface area contributed by atoms with Gasteiger partial charge < -0.3 is 18.9 Å². The van der Waals surface area contributed by atoms with Crippen molar-refractivity contribution >= 4 is 5.91 Å². The third-order valence-corrected chi connectivity index (χ3v) is 4.35. The average Bonchev–Trinajstić information content (AvgIpc) is 3.31. The van der Waals surface area contributed by atoms with E-state index in [0.29, 0.717) is 37.1 Å². The summed E-state index contributed by atoms with van der Waals surface area (Å²) >= 11 is 0. The van der Waals surface area contributed by atoms with Crippen LogP contribution in [0.5, 0.6) is 5.75 Å². The molecule has 2 aromatic rings. The van der Waals surface area contributed by atoms with E-state index in [1.165, 1.54) is 19.2 Å². The van der Waals surface area contributed by atoms with Gasteiger partial charge in [0.1, 0.15) is 11.8 Å². The number of nitrogens with zero attached hydrogens (tertiary/aromatic N) is 3. The van der Waals surface area contributed by atoms with Gasteiger partial charge in [-0.15, -0.1) is 0 Å². The molecule has 1 amide bonds. The van der Waals surface area contributed by atoms with Crippen molar-refractivity contribution in [3.05, 3.63) is 42.0 Å². The summed E-state index contributed by atoms with van der Waals surface area (Å²) in [4.78, 5) is 18.6. The van der Waals surface area contributed by atoms with Crippen LogP contribution >= 0.6 is 0 Å². The van der Waals surface area contributed by atoms with Crippen molar-refractivity contribution in [3.63, 3.8) is 0 Å². The van der Waals surface area contributed by atoms with Crippen molar-refractivity contribution in [3.8, 4) is 5.75 Å². The molecule has 1 atom stereocenters. The van der Waals surface area contributed by atoms with E-state index in [2.05, 4.69) is 10.1 Å². The lowest BCUT2D eigenvalue weighted by atomic mass is 10.1. The Balaban J connectivity index is 1.46. The summed E-state index contributed by atoms with van der Waals surface area (Å²) in [6, 6.07) is 6.97. The van der Waals surface area contributed by atoms with E-state index in [1.54, 1.807) is 17.0 Å². The smallest absolute Gasteiger partial charge is 0.254 e. The molecule has 0 radical (unpaired) electrons. The number of carbonyl (C=O) groups excluding carboxylic acids is 1. The van der Waals surface area contributed by atoms with Gasteiger partial charge in [0.25, 0.3) is 5.91 Å². The number of benzene rings is 1. The fourth-order valence-corrected chi connectivity index (χ4v) is 2.74. The predicted molar refractivity (Wildman–Crippen MR) is 83.6 cm³/mol. The third kappa shape index (κ3) is 3.26. The molecule has 2 fully saturated rings. The first-order valence-corrected chi connectivity index (χ1v) is 8.19. The third-order valence-electron chi connectivity index (χ3n) is 4.35. The summed E-state index contributed by atoms with van der Waals surface area (Å²) in [6.45, 7) is 2.13. The maximum atomic E-state index is 12.8. The van der Waals surface area contributed by atoms with Crippen LogP contribution < -0.4 is 4.74 Å². The first-order valence-electron chi connectivity index (χ1n) is 8.19. The minimum atomic E-state index is -0.323. The zero-order chi connectivity index (χ0) is 16.4. The van der Waals surface area contributed by atoms with Gasteiger partial charge in [0.15, 0.2) is 5.82 Å². The molecule has 1 saturated carbocycles. The molecule has 1 aliphatic carbocycles. The fraction of sp³-hybridized carbons (Fsp3) is 0.471. The molecule has 0 bridgehead atoms. The molecule has 126 valence electrons. The zero-order valence-electron chi connectivity index (χ0n) is 13.3. The molecule has 2 aliphatic rings. The summed E-state index contributed by atoms with van der Waals surface area (Å²) in [5.74, 6) is 1.90. The minimum absolute atomic E-state index is 0.0677. The molecule has 0 spiro atoms. The van der Waals surface area contributed by atoms with E-state index in [-0.39, 0.29) is 11.9 Å². The highest BCUT2D eigenvalue weighted by Crippen LogP contribution is 2.30. The van der Waals surface area contributed by atoms with E-state index in [0.717, 1.165) is 12.4 Å². The summed E-state index contributed by atoms with van der Waals surface area (Å²) < 4.78 is 16.0. The van der Waals surface area contributed by atoms with E-state index < -0.39 is 0 Å². The SMILES string of the molecule is O=C(c1ccc(OCC2CC2)cc1)N1CCOC[C@@H]1c1ncon1. The summed E-state index contributed by atoms with van der Waals surface area (Å²) in [5.41, 5.74) is 0.615. The standard InChI is InChI=1S/C17H19N3O4/c21-17(13-3-5-14(6-4-13)23-9-12-1-2-12)20-7-8-22-10-15(20)16-18-11-24-19-16/h3-6,11-12,15H,1-2,7-10H2/t15-/m1/s1. The lowest BCUT2D eigenvalue weighted by Gasteiger charge is -2.33. The van der Waals surface area contributed by atoms with E-state index in [1.807, 2.05) is 12.1 Å². The molecular weight excluding hydrogens is 310 g/mol. The van der Waals surface area contributed by atoms with Crippen LogP contribution in [0.3, 0.4) is 0 Å². The monoisotopic (exact) mass is 329 g/mol. The second-order valence-corrected chi connectivity index (χ2v) is 6.16. The Morgan fingerprint density at radius 3 is 2.83 bits per heavy atom. The number of hydrogen-bond donors (Lipinski definition) is 0. The summed E-state index contributed by atoms with van der Waals surface area (Å²) in [5, 5.41) is 3.85. The number of hydrogen-bond acceptors (Lipinski definition) is 6. The summed E-state index contributed by atoms with van der Waals surface area (Å²) in [7, 11) is 0. The number of rotatable bonds is 5. The molecule has 1 aromatic heterocycles. The van der Waals surface area contributed by atoms with Crippen molar-refractivity contribution in [1.29, 1.82) is 0 Å².